The Hall–Kier alpha value is -1.79. The number of rotatable bonds is 2. The molecule has 5 aliphatic rings. The van der Waals surface area contributed by atoms with E-state index in [1.807, 2.05) is 6.08 Å². The molecule has 1 aliphatic heterocycles. The maximum absolute atomic E-state index is 13.0. The molecule has 0 amide bonds. The summed E-state index contributed by atoms with van der Waals surface area (Å²) in [6.45, 7) is 5.38. The van der Waals surface area contributed by atoms with Gasteiger partial charge in [-0.15, -0.1) is 0 Å². The van der Waals surface area contributed by atoms with Gasteiger partial charge in [0.1, 0.15) is 12.7 Å². The van der Waals surface area contributed by atoms with E-state index in [9.17, 15) is 19.8 Å². The summed E-state index contributed by atoms with van der Waals surface area (Å²) in [5, 5.41) is 21.2. The van der Waals surface area contributed by atoms with Crippen molar-refractivity contribution in [2.24, 2.45) is 33.6 Å². The Balaban J connectivity index is 1.61. The molecule has 8 atom stereocenters. The number of nitrogens with zero attached hydrogens (tertiary/aromatic N) is 1. The summed E-state index contributed by atoms with van der Waals surface area (Å²) in [7, 11) is 0. The third-order valence-corrected chi connectivity index (χ3v) is 8.91. The molecule has 0 bridgehead atoms. The second kappa shape index (κ2) is 5.88. The summed E-state index contributed by atoms with van der Waals surface area (Å²) in [5.74, 6) is 0.570. The number of hydrogen-bond donors (Lipinski definition) is 2. The molecule has 156 valence electrons. The number of fused-ring (bicyclic) bond motifs is 7. The van der Waals surface area contributed by atoms with E-state index in [1.54, 1.807) is 19.1 Å². The van der Waals surface area contributed by atoms with Gasteiger partial charge in [-0.3, -0.25) is 9.59 Å². The van der Waals surface area contributed by atoms with E-state index in [4.69, 9.17) is 9.73 Å². The van der Waals surface area contributed by atoms with E-state index in [2.05, 4.69) is 13.8 Å². The van der Waals surface area contributed by atoms with Crippen LogP contribution in [-0.2, 0) is 14.3 Å². The van der Waals surface area contributed by atoms with Gasteiger partial charge in [0, 0.05) is 23.7 Å². The van der Waals surface area contributed by atoms with Crippen LogP contribution in [0.4, 0.5) is 0 Å². The first-order chi connectivity index (χ1) is 13.7. The lowest BCUT2D eigenvalue weighted by molar-refractivity contribution is -0.146. The maximum Gasteiger partial charge on any atom is 0.190 e. The lowest BCUT2D eigenvalue weighted by Gasteiger charge is -2.59. The normalized spacial score (nSPS) is 50.0. The zero-order chi connectivity index (χ0) is 20.8. The monoisotopic (exact) mass is 399 g/mol. The summed E-state index contributed by atoms with van der Waals surface area (Å²) in [5.41, 5.74) is -0.915. The molecule has 3 saturated carbocycles. The first-order valence-electron chi connectivity index (χ1n) is 10.7. The van der Waals surface area contributed by atoms with Gasteiger partial charge in [0.15, 0.2) is 23.0 Å². The van der Waals surface area contributed by atoms with Crippen LogP contribution in [0.25, 0.3) is 0 Å². The van der Waals surface area contributed by atoms with Crippen molar-refractivity contribution in [3.8, 4) is 0 Å². The van der Waals surface area contributed by atoms with Crippen LogP contribution < -0.4 is 0 Å². The van der Waals surface area contributed by atoms with E-state index in [0.29, 0.717) is 18.7 Å². The molecule has 0 unspecified atom stereocenters. The molecule has 0 saturated heterocycles. The highest BCUT2D eigenvalue weighted by Gasteiger charge is 2.74. The Morgan fingerprint density at radius 3 is 2.86 bits per heavy atom. The number of Topliss-reactive ketones (excluding diaryl/α,β-unsaturated/α-hetero) is 1. The largest absolute Gasteiger partial charge is 0.475 e. The molecular formula is C23H29NO5. The number of ketones is 2. The van der Waals surface area contributed by atoms with Gasteiger partial charge in [0.2, 0.25) is 0 Å². The van der Waals surface area contributed by atoms with Crippen LogP contribution in [0.2, 0.25) is 0 Å². The van der Waals surface area contributed by atoms with Gasteiger partial charge in [-0.1, -0.05) is 25.5 Å². The van der Waals surface area contributed by atoms with Crippen LogP contribution in [-0.4, -0.2) is 52.0 Å². The van der Waals surface area contributed by atoms with Gasteiger partial charge in [-0.2, -0.15) is 0 Å². The van der Waals surface area contributed by atoms with Crippen molar-refractivity contribution in [1.29, 1.82) is 0 Å². The molecule has 6 nitrogen and oxygen atoms in total. The third-order valence-electron chi connectivity index (χ3n) is 8.91. The second-order valence-electron chi connectivity index (χ2n) is 10.0. The fourth-order valence-corrected chi connectivity index (χ4v) is 7.81. The molecule has 0 spiro atoms. The molecule has 6 heteroatoms. The van der Waals surface area contributed by atoms with Crippen molar-refractivity contribution < 1.29 is 24.5 Å². The van der Waals surface area contributed by atoms with Gasteiger partial charge >= 0.3 is 0 Å². The van der Waals surface area contributed by atoms with Crippen molar-refractivity contribution in [2.75, 3.05) is 6.61 Å². The molecule has 4 aliphatic carbocycles. The zero-order valence-electron chi connectivity index (χ0n) is 17.2. The van der Waals surface area contributed by atoms with Crippen molar-refractivity contribution in [2.45, 2.75) is 64.2 Å². The Morgan fingerprint density at radius 2 is 2.14 bits per heavy atom. The summed E-state index contributed by atoms with van der Waals surface area (Å²) in [4.78, 5) is 29.7. The van der Waals surface area contributed by atoms with Crippen molar-refractivity contribution >= 4 is 17.5 Å². The van der Waals surface area contributed by atoms with Crippen LogP contribution >= 0.6 is 0 Å². The van der Waals surface area contributed by atoms with Gasteiger partial charge in [-0.05, 0) is 49.7 Å². The Bertz CT molecular complexity index is 890. The Labute approximate surface area is 170 Å². The molecular weight excluding hydrogens is 370 g/mol. The lowest BCUT2D eigenvalue weighted by Crippen LogP contribution is -2.62. The minimum atomic E-state index is -1.11. The highest BCUT2D eigenvalue weighted by Crippen LogP contribution is 2.69. The van der Waals surface area contributed by atoms with Crippen molar-refractivity contribution in [1.82, 2.24) is 0 Å². The van der Waals surface area contributed by atoms with Crippen LogP contribution in [0.15, 0.2) is 28.8 Å². The fraction of sp³-hybridized carbons (Fsp3) is 0.696. The van der Waals surface area contributed by atoms with E-state index < -0.39 is 23.7 Å². The summed E-state index contributed by atoms with van der Waals surface area (Å²) >= 11 is 0. The molecule has 5 rings (SSSR count). The van der Waals surface area contributed by atoms with Crippen LogP contribution in [0.5, 0.6) is 0 Å². The predicted octanol–water partition coefficient (Wildman–Crippen LogP) is 1.99. The zero-order valence-corrected chi connectivity index (χ0v) is 17.2. The van der Waals surface area contributed by atoms with Gasteiger partial charge in [0.05, 0.1) is 6.10 Å². The second-order valence-corrected chi connectivity index (χ2v) is 10.0. The smallest absolute Gasteiger partial charge is 0.190 e. The first-order valence-corrected chi connectivity index (χ1v) is 10.7. The lowest BCUT2D eigenvalue weighted by atomic mass is 9.46. The van der Waals surface area contributed by atoms with E-state index >= 15 is 0 Å². The molecule has 2 N–H and O–H groups in total. The number of aliphatic hydroxyl groups is 2. The summed E-state index contributed by atoms with van der Waals surface area (Å²) < 4.78 is 6.00. The number of hydrogen-bond acceptors (Lipinski definition) is 6. The Morgan fingerprint density at radius 1 is 1.38 bits per heavy atom. The molecule has 29 heavy (non-hydrogen) atoms. The van der Waals surface area contributed by atoms with Crippen LogP contribution in [0, 0.1) is 28.6 Å². The molecule has 0 aromatic carbocycles. The van der Waals surface area contributed by atoms with Crippen LogP contribution in [0.1, 0.15) is 46.5 Å². The predicted molar refractivity (Wildman–Crippen MR) is 106 cm³/mol. The minimum Gasteiger partial charge on any atom is -0.475 e. The molecule has 1 heterocycles. The van der Waals surface area contributed by atoms with E-state index in [0.717, 1.165) is 18.4 Å². The number of allylic oxidation sites excluding steroid dienone is 4. The number of aliphatic hydroxyl groups excluding tert-OH is 2. The topological polar surface area (TPSA) is 96.2 Å². The molecule has 0 aromatic heterocycles. The molecule has 3 fully saturated rings. The van der Waals surface area contributed by atoms with Crippen molar-refractivity contribution in [3.05, 3.63) is 23.8 Å². The fourth-order valence-electron chi connectivity index (χ4n) is 7.81. The van der Waals surface area contributed by atoms with Gasteiger partial charge in [-0.25, -0.2) is 4.99 Å². The highest BCUT2D eigenvalue weighted by molar-refractivity contribution is 6.01. The van der Waals surface area contributed by atoms with Crippen molar-refractivity contribution in [3.63, 3.8) is 0 Å². The third kappa shape index (κ3) is 2.17. The first kappa shape index (κ1) is 19.2. The Kier molecular flexibility index (Phi) is 3.89. The summed E-state index contributed by atoms with van der Waals surface area (Å²) in [6.07, 6.45) is 7.20. The quantitative estimate of drug-likeness (QED) is 0.740. The number of carbonyl (C=O) groups excluding carboxylic acids is 2. The SMILES string of the molecule is CC1=N[C@]2(C(=O)CO)[C@@H](C[C@H]3[C@@H]4CCC5=CC(=O)C=C[C@]5(C)[C@H]4[C@@H](O)C[C@@]32C)O1. The van der Waals surface area contributed by atoms with E-state index in [1.165, 1.54) is 0 Å². The average Bonchev–Trinajstić information content (AvgIpc) is 3.12. The average molecular weight is 399 g/mol. The minimum absolute atomic E-state index is 0.00453. The van der Waals surface area contributed by atoms with E-state index in [-0.39, 0.29) is 40.8 Å². The summed E-state index contributed by atoms with van der Waals surface area (Å²) in [6, 6.07) is 0. The standard InChI is InChI=1S/C23H29NO5/c1-12-24-23(18(28)11-25)19(29-12)9-16-15-5-4-13-8-14(26)6-7-21(13,2)20(15)17(27)10-22(16,23)3/h6-8,15-17,19-20,25,27H,4-5,9-11H2,1-3H3/t15-,16-,17-,19+,20+,21-,22-,23+/m0/s1. The van der Waals surface area contributed by atoms with Gasteiger partial charge in [0.25, 0.3) is 0 Å². The maximum atomic E-state index is 13.0. The number of ether oxygens (including phenoxy) is 1. The molecule has 0 radical (unpaired) electrons. The number of carbonyl (C=O) groups is 2. The van der Waals surface area contributed by atoms with Gasteiger partial charge < -0.3 is 14.9 Å². The molecule has 0 aromatic rings. The highest BCUT2D eigenvalue weighted by atomic mass is 16.5. The van der Waals surface area contributed by atoms with Crippen LogP contribution in [0.3, 0.4) is 0 Å². The number of aliphatic imine (C=N–C) groups is 1.